The molecule has 1 saturated carbocycles. The number of aromatic nitrogens is 1. The van der Waals surface area contributed by atoms with E-state index in [2.05, 4.69) is 9.88 Å². The summed E-state index contributed by atoms with van der Waals surface area (Å²) >= 11 is 4.73. The van der Waals surface area contributed by atoms with Gasteiger partial charge in [-0.15, -0.1) is 0 Å². The highest BCUT2D eigenvalue weighted by Gasteiger charge is 2.40. The number of benzene rings is 1. The van der Waals surface area contributed by atoms with E-state index in [1.165, 1.54) is 6.07 Å². The topological polar surface area (TPSA) is 33.2 Å². The van der Waals surface area contributed by atoms with Crippen molar-refractivity contribution < 1.29 is 9.18 Å². The molecule has 5 heteroatoms. The van der Waals surface area contributed by atoms with Crippen LogP contribution in [0.5, 0.6) is 0 Å². The summed E-state index contributed by atoms with van der Waals surface area (Å²) in [5, 5.41) is 0.126. The van der Waals surface area contributed by atoms with Gasteiger partial charge >= 0.3 is 0 Å². The van der Waals surface area contributed by atoms with Crippen LogP contribution < -0.4 is 0 Å². The number of halogens is 1. The zero-order valence-corrected chi connectivity index (χ0v) is 16.0. The largest absolute Gasteiger partial charge is 0.297 e. The fourth-order valence-electron chi connectivity index (χ4n) is 3.72. The van der Waals surface area contributed by atoms with Gasteiger partial charge < -0.3 is 0 Å². The number of likely N-dealkylation sites (tertiary alicyclic amines) is 1. The third-order valence-electron chi connectivity index (χ3n) is 5.34. The highest BCUT2D eigenvalue weighted by molar-refractivity contribution is 7.81. The van der Waals surface area contributed by atoms with Crippen LogP contribution in [0, 0.1) is 11.7 Å². The van der Waals surface area contributed by atoms with Gasteiger partial charge in [-0.25, -0.2) is 4.39 Å². The lowest BCUT2D eigenvalue weighted by Gasteiger charge is -2.37. The molecule has 0 bridgehead atoms. The van der Waals surface area contributed by atoms with Gasteiger partial charge in [0.25, 0.3) is 0 Å². The first-order valence-electron chi connectivity index (χ1n) is 9.45. The standard InChI is InChI=1S/C22H23FN2OS/c23-19-7-2-1-6-18(19)21(22(26)15-8-9-15)25-12-10-20(27)16(14-25)13-17-5-3-4-11-24-17/h1-7,11,13,15,20-21,27H,8-10,12,14H2/b16-13+. The molecule has 1 aromatic carbocycles. The molecular weight excluding hydrogens is 359 g/mol. The van der Waals surface area contributed by atoms with Gasteiger partial charge in [0.1, 0.15) is 5.82 Å². The maximum atomic E-state index is 14.5. The van der Waals surface area contributed by atoms with Crippen LogP contribution in [-0.4, -0.2) is 34.0 Å². The maximum absolute atomic E-state index is 14.5. The smallest absolute Gasteiger partial charge is 0.157 e. The van der Waals surface area contributed by atoms with Gasteiger partial charge in [0.05, 0.1) is 11.7 Å². The molecule has 2 aromatic rings. The number of nitrogens with zero attached hydrogens (tertiary/aromatic N) is 2. The maximum Gasteiger partial charge on any atom is 0.157 e. The Morgan fingerprint density at radius 3 is 2.67 bits per heavy atom. The van der Waals surface area contributed by atoms with E-state index >= 15 is 0 Å². The molecule has 4 rings (SSSR count). The van der Waals surface area contributed by atoms with Crippen molar-refractivity contribution in [1.29, 1.82) is 0 Å². The quantitative estimate of drug-likeness (QED) is 0.782. The number of thiol groups is 1. The summed E-state index contributed by atoms with van der Waals surface area (Å²) in [7, 11) is 0. The van der Waals surface area contributed by atoms with Gasteiger partial charge in [0.2, 0.25) is 0 Å². The molecule has 2 atom stereocenters. The van der Waals surface area contributed by atoms with Crippen molar-refractivity contribution in [3.63, 3.8) is 0 Å². The van der Waals surface area contributed by atoms with E-state index in [-0.39, 0.29) is 22.8 Å². The van der Waals surface area contributed by atoms with E-state index in [0.717, 1.165) is 37.1 Å². The fourth-order valence-corrected chi connectivity index (χ4v) is 4.00. The number of hydrogen-bond donors (Lipinski definition) is 1. The highest BCUT2D eigenvalue weighted by atomic mass is 32.1. The van der Waals surface area contributed by atoms with Crippen LogP contribution in [0.2, 0.25) is 0 Å². The molecule has 0 spiro atoms. The minimum Gasteiger partial charge on any atom is -0.297 e. The summed E-state index contributed by atoms with van der Waals surface area (Å²) < 4.78 is 14.5. The van der Waals surface area contributed by atoms with Gasteiger partial charge in [-0.2, -0.15) is 12.6 Å². The summed E-state index contributed by atoms with van der Waals surface area (Å²) in [5.74, 6) is -0.0822. The molecule has 2 heterocycles. The third kappa shape index (κ3) is 4.14. The molecule has 1 aliphatic carbocycles. The second-order valence-corrected chi connectivity index (χ2v) is 7.97. The minimum absolute atomic E-state index is 0.0755. The van der Waals surface area contributed by atoms with Crippen molar-refractivity contribution in [3.8, 4) is 0 Å². The van der Waals surface area contributed by atoms with Crippen LogP contribution in [0.4, 0.5) is 4.39 Å². The van der Waals surface area contributed by atoms with E-state index in [4.69, 9.17) is 12.6 Å². The van der Waals surface area contributed by atoms with Crippen molar-refractivity contribution in [2.24, 2.45) is 5.92 Å². The second-order valence-electron chi connectivity index (χ2n) is 7.35. The normalized spacial score (nSPS) is 23.3. The van der Waals surface area contributed by atoms with Gasteiger partial charge in [0.15, 0.2) is 5.78 Å². The predicted molar refractivity (Wildman–Crippen MR) is 108 cm³/mol. The van der Waals surface area contributed by atoms with E-state index in [9.17, 15) is 9.18 Å². The van der Waals surface area contributed by atoms with Crippen molar-refractivity contribution in [2.45, 2.75) is 30.6 Å². The SMILES string of the molecule is O=C(C1CC1)C(c1ccccc1F)N1CCC(S)/C(=C/c2ccccn2)C1. The summed E-state index contributed by atoms with van der Waals surface area (Å²) in [6.45, 7) is 1.33. The molecule has 1 aromatic heterocycles. The minimum atomic E-state index is -0.522. The predicted octanol–water partition coefficient (Wildman–Crippen LogP) is 4.33. The van der Waals surface area contributed by atoms with Crippen LogP contribution in [-0.2, 0) is 4.79 Å². The van der Waals surface area contributed by atoms with E-state index in [1.807, 2.05) is 30.3 Å². The summed E-state index contributed by atoms with van der Waals surface area (Å²) in [6, 6.07) is 11.9. The average Bonchev–Trinajstić information content (AvgIpc) is 3.52. The molecule has 2 fully saturated rings. The van der Waals surface area contributed by atoms with Crippen LogP contribution in [0.3, 0.4) is 0 Å². The number of Topliss-reactive ketones (excluding diaryl/α,β-unsaturated/α-hetero) is 1. The molecule has 1 saturated heterocycles. The Bertz CT molecular complexity index is 850. The van der Waals surface area contributed by atoms with E-state index in [1.54, 1.807) is 18.3 Å². The Morgan fingerprint density at radius 2 is 1.96 bits per heavy atom. The number of rotatable bonds is 5. The van der Waals surface area contributed by atoms with Gasteiger partial charge in [-0.3, -0.25) is 14.7 Å². The molecular formula is C22H23FN2OS. The third-order valence-corrected chi connectivity index (χ3v) is 5.93. The second kappa shape index (κ2) is 7.95. The Morgan fingerprint density at radius 1 is 1.19 bits per heavy atom. The summed E-state index contributed by atoms with van der Waals surface area (Å²) in [5.41, 5.74) is 2.49. The molecule has 140 valence electrons. The number of pyridine rings is 1. The van der Waals surface area contributed by atoms with Crippen LogP contribution in [0.1, 0.15) is 36.6 Å². The van der Waals surface area contributed by atoms with Crippen molar-refractivity contribution in [1.82, 2.24) is 9.88 Å². The number of hydrogen-bond acceptors (Lipinski definition) is 4. The molecule has 0 amide bonds. The lowest BCUT2D eigenvalue weighted by atomic mass is 9.93. The van der Waals surface area contributed by atoms with Gasteiger partial charge in [0, 0.05) is 36.0 Å². The van der Waals surface area contributed by atoms with Crippen LogP contribution >= 0.6 is 12.6 Å². The fraction of sp³-hybridized carbons (Fsp3) is 0.364. The zero-order chi connectivity index (χ0) is 18.8. The number of piperidine rings is 1. The molecule has 0 N–H and O–H groups in total. The van der Waals surface area contributed by atoms with Crippen LogP contribution in [0.15, 0.2) is 54.2 Å². The van der Waals surface area contributed by atoms with E-state index < -0.39 is 6.04 Å². The number of ketones is 1. The van der Waals surface area contributed by atoms with Gasteiger partial charge in [-0.1, -0.05) is 24.3 Å². The first-order chi connectivity index (χ1) is 13.1. The highest BCUT2D eigenvalue weighted by Crippen LogP contribution is 2.39. The molecule has 1 aliphatic heterocycles. The Hall–Kier alpha value is -1.98. The number of carbonyl (C=O) groups is 1. The van der Waals surface area contributed by atoms with Crippen molar-refractivity contribution >= 4 is 24.5 Å². The molecule has 27 heavy (non-hydrogen) atoms. The zero-order valence-electron chi connectivity index (χ0n) is 15.1. The van der Waals surface area contributed by atoms with Crippen LogP contribution in [0.25, 0.3) is 6.08 Å². The lowest BCUT2D eigenvalue weighted by molar-refractivity contribution is -0.126. The summed E-state index contributed by atoms with van der Waals surface area (Å²) in [6.07, 6.45) is 6.47. The average molecular weight is 383 g/mol. The number of carbonyl (C=O) groups excluding carboxylic acids is 1. The van der Waals surface area contributed by atoms with Crippen molar-refractivity contribution in [2.75, 3.05) is 13.1 Å². The first kappa shape index (κ1) is 18.4. The Labute approximate surface area is 164 Å². The molecule has 2 aliphatic rings. The van der Waals surface area contributed by atoms with Gasteiger partial charge in [-0.05, 0) is 49.1 Å². The van der Waals surface area contributed by atoms with Crippen molar-refractivity contribution in [3.05, 3.63) is 71.3 Å². The molecule has 0 radical (unpaired) electrons. The lowest BCUT2D eigenvalue weighted by Crippen LogP contribution is -2.42. The summed E-state index contributed by atoms with van der Waals surface area (Å²) in [4.78, 5) is 19.5. The molecule has 3 nitrogen and oxygen atoms in total. The van der Waals surface area contributed by atoms with E-state index in [0.29, 0.717) is 12.1 Å². The monoisotopic (exact) mass is 382 g/mol. The Kier molecular flexibility index (Phi) is 5.41. The first-order valence-corrected chi connectivity index (χ1v) is 9.97. The molecule has 2 unspecified atom stereocenters. The Balaban J connectivity index is 1.65.